The standard InChI is InChI=1S/C23H29N3O3S/c1-3-19-22(16-10-11-18-17(13-16)26(2)21(28)14-29-18)25-23(30-19)24-20(27)12-9-15-7-5-4-6-8-15/h10-11,13,15H,3-9,12,14H2,1-2H3,(H,24,25,27). The van der Waals surface area contributed by atoms with E-state index >= 15 is 0 Å². The molecule has 2 aromatic rings. The number of nitrogens with one attached hydrogen (secondary N) is 1. The molecule has 30 heavy (non-hydrogen) atoms. The first-order valence-electron chi connectivity index (χ1n) is 10.9. The number of thiazole rings is 1. The Morgan fingerprint density at radius 1 is 1.30 bits per heavy atom. The van der Waals surface area contributed by atoms with Crippen LogP contribution in [0.25, 0.3) is 11.3 Å². The highest BCUT2D eigenvalue weighted by atomic mass is 32.1. The second-order valence-corrected chi connectivity index (χ2v) is 9.24. The van der Waals surface area contributed by atoms with Crippen LogP contribution in [0.15, 0.2) is 18.2 Å². The van der Waals surface area contributed by atoms with Crippen molar-refractivity contribution in [1.82, 2.24) is 4.98 Å². The Balaban J connectivity index is 1.47. The van der Waals surface area contributed by atoms with Crippen LogP contribution in [0.5, 0.6) is 5.75 Å². The zero-order valence-corrected chi connectivity index (χ0v) is 18.5. The number of ether oxygens (including phenoxy) is 1. The topological polar surface area (TPSA) is 71.5 Å². The number of benzene rings is 1. The summed E-state index contributed by atoms with van der Waals surface area (Å²) < 4.78 is 5.52. The van der Waals surface area contributed by atoms with Gasteiger partial charge in [-0.25, -0.2) is 4.98 Å². The number of carbonyl (C=O) groups is 2. The van der Waals surface area contributed by atoms with Crippen LogP contribution in [-0.4, -0.2) is 30.5 Å². The maximum absolute atomic E-state index is 12.5. The normalized spacial score (nSPS) is 16.9. The molecule has 0 unspecified atom stereocenters. The van der Waals surface area contributed by atoms with Crippen LogP contribution in [0, 0.1) is 5.92 Å². The lowest BCUT2D eigenvalue weighted by molar-refractivity contribution is -0.121. The molecule has 1 saturated carbocycles. The van der Waals surface area contributed by atoms with Crippen LogP contribution in [-0.2, 0) is 16.0 Å². The summed E-state index contributed by atoms with van der Waals surface area (Å²) in [5.74, 6) is 1.37. The van der Waals surface area contributed by atoms with Crippen LogP contribution >= 0.6 is 11.3 Å². The van der Waals surface area contributed by atoms with Gasteiger partial charge in [-0.15, -0.1) is 11.3 Å². The van der Waals surface area contributed by atoms with Gasteiger partial charge in [0.15, 0.2) is 11.7 Å². The van der Waals surface area contributed by atoms with Gasteiger partial charge in [-0.3, -0.25) is 9.59 Å². The molecular weight excluding hydrogens is 398 g/mol. The Bertz CT molecular complexity index is 934. The van der Waals surface area contributed by atoms with E-state index < -0.39 is 0 Å². The Morgan fingerprint density at radius 2 is 2.10 bits per heavy atom. The summed E-state index contributed by atoms with van der Waals surface area (Å²) in [4.78, 5) is 31.9. The van der Waals surface area contributed by atoms with Crippen LogP contribution in [0.1, 0.15) is 56.7 Å². The molecule has 4 rings (SSSR count). The molecule has 0 radical (unpaired) electrons. The molecule has 2 aliphatic rings. The lowest BCUT2D eigenvalue weighted by Crippen LogP contribution is -2.35. The Kier molecular flexibility index (Phi) is 6.37. The first-order chi connectivity index (χ1) is 14.5. The first kappa shape index (κ1) is 20.8. The average molecular weight is 428 g/mol. The molecule has 1 aliphatic heterocycles. The number of rotatable bonds is 6. The van der Waals surface area contributed by atoms with Crippen LogP contribution in [0.4, 0.5) is 10.8 Å². The molecule has 1 aromatic heterocycles. The summed E-state index contributed by atoms with van der Waals surface area (Å²) in [6.07, 6.45) is 8.81. The molecule has 2 heterocycles. The Morgan fingerprint density at radius 3 is 2.87 bits per heavy atom. The molecule has 0 spiro atoms. The van der Waals surface area contributed by atoms with E-state index in [1.54, 1.807) is 11.9 Å². The summed E-state index contributed by atoms with van der Waals surface area (Å²) in [5, 5.41) is 3.65. The first-order valence-corrected chi connectivity index (χ1v) is 11.7. The zero-order valence-electron chi connectivity index (χ0n) is 17.7. The van der Waals surface area contributed by atoms with Crippen LogP contribution in [0.2, 0.25) is 0 Å². The number of nitrogens with zero attached hydrogens (tertiary/aromatic N) is 2. The van der Waals surface area contributed by atoms with Gasteiger partial charge in [0.2, 0.25) is 5.91 Å². The fourth-order valence-corrected chi connectivity index (χ4v) is 5.22. The van der Waals surface area contributed by atoms with Crippen molar-refractivity contribution >= 4 is 34.0 Å². The molecule has 0 atom stereocenters. The third-order valence-electron chi connectivity index (χ3n) is 6.09. The molecular formula is C23H29N3O3S. The van der Waals surface area contributed by atoms with E-state index in [2.05, 4.69) is 12.2 Å². The number of aryl methyl sites for hydroxylation is 1. The molecule has 2 amide bonds. The minimum atomic E-state index is -0.0699. The summed E-state index contributed by atoms with van der Waals surface area (Å²) in [7, 11) is 1.76. The number of fused-ring (bicyclic) bond motifs is 1. The van der Waals surface area contributed by atoms with Gasteiger partial charge in [0.1, 0.15) is 5.75 Å². The number of amides is 2. The van der Waals surface area contributed by atoms with Crippen molar-refractivity contribution in [2.45, 2.75) is 58.3 Å². The number of aromatic nitrogens is 1. The summed E-state index contributed by atoms with van der Waals surface area (Å²) >= 11 is 1.53. The fourth-order valence-electron chi connectivity index (χ4n) is 4.28. The number of hydrogen-bond acceptors (Lipinski definition) is 5. The van der Waals surface area contributed by atoms with Crippen LogP contribution < -0.4 is 15.0 Å². The van der Waals surface area contributed by atoms with Crippen molar-refractivity contribution in [2.24, 2.45) is 5.92 Å². The van der Waals surface area contributed by atoms with Gasteiger partial charge >= 0.3 is 0 Å². The lowest BCUT2D eigenvalue weighted by atomic mass is 9.86. The molecule has 160 valence electrons. The highest BCUT2D eigenvalue weighted by Crippen LogP contribution is 2.38. The SMILES string of the molecule is CCc1sc(NC(=O)CCC2CCCCC2)nc1-c1ccc2c(c1)N(C)C(=O)CO2. The fraction of sp³-hybridized carbons (Fsp3) is 0.522. The van der Waals surface area contributed by atoms with Crippen molar-refractivity contribution in [1.29, 1.82) is 0 Å². The van der Waals surface area contributed by atoms with Gasteiger partial charge in [-0.2, -0.15) is 0 Å². The summed E-state index contributed by atoms with van der Waals surface area (Å²) in [6.45, 7) is 2.15. The quantitative estimate of drug-likeness (QED) is 0.702. The summed E-state index contributed by atoms with van der Waals surface area (Å²) in [5.41, 5.74) is 2.53. The number of likely N-dealkylation sites (N-methyl/N-ethyl adjacent to an activating group) is 1. The largest absolute Gasteiger partial charge is 0.482 e. The molecule has 1 N–H and O–H groups in total. The molecule has 0 bridgehead atoms. The molecule has 1 aliphatic carbocycles. The van der Waals surface area contributed by atoms with Crippen molar-refractivity contribution in [3.8, 4) is 17.0 Å². The highest BCUT2D eigenvalue weighted by Gasteiger charge is 2.24. The molecule has 6 nitrogen and oxygen atoms in total. The van der Waals surface area contributed by atoms with E-state index in [9.17, 15) is 9.59 Å². The number of carbonyl (C=O) groups excluding carboxylic acids is 2. The van der Waals surface area contributed by atoms with Gasteiger partial charge in [-0.05, 0) is 37.0 Å². The molecule has 0 saturated heterocycles. The number of hydrogen-bond donors (Lipinski definition) is 1. The lowest BCUT2D eigenvalue weighted by Gasteiger charge is -2.26. The van der Waals surface area contributed by atoms with E-state index in [1.807, 2.05) is 18.2 Å². The van der Waals surface area contributed by atoms with E-state index in [4.69, 9.17) is 9.72 Å². The third kappa shape index (κ3) is 4.51. The van der Waals surface area contributed by atoms with Crippen molar-refractivity contribution < 1.29 is 14.3 Å². The predicted octanol–water partition coefficient (Wildman–Crippen LogP) is 5.03. The monoisotopic (exact) mass is 427 g/mol. The van der Waals surface area contributed by atoms with Crippen LogP contribution in [0.3, 0.4) is 0 Å². The van der Waals surface area contributed by atoms with Gasteiger partial charge in [0.25, 0.3) is 5.91 Å². The van der Waals surface area contributed by atoms with Gasteiger partial charge in [0.05, 0.1) is 11.4 Å². The average Bonchev–Trinajstić information content (AvgIpc) is 3.18. The Labute approximate surface area is 181 Å². The number of anilines is 2. The maximum atomic E-state index is 12.5. The smallest absolute Gasteiger partial charge is 0.264 e. The van der Waals surface area contributed by atoms with Gasteiger partial charge in [-0.1, -0.05) is 39.0 Å². The van der Waals surface area contributed by atoms with E-state index in [-0.39, 0.29) is 18.4 Å². The second kappa shape index (κ2) is 9.16. The zero-order chi connectivity index (χ0) is 21.1. The minimum absolute atomic E-state index is 0.0488. The van der Waals surface area contributed by atoms with Gasteiger partial charge < -0.3 is 15.0 Å². The van der Waals surface area contributed by atoms with Gasteiger partial charge in [0, 0.05) is 23.9 Å². The Hall–Kier alpha value is -2.41. The predicted molar refractivity (Wildman–Crippen MR) is 120 cm³/mol. The second-order valence-electron chi connectivity index (χ2n) is 8.16. The van der Waals surface area contributed by atoms with Crippen molar-refractivity contribution in [3.63, 3.8) is 0 Å². The van der Waals surface area contributed by atoms with Crippen molar-refractivity contribution in [3.05, 3.63) is 23.1 Å². The molecule has 7 heteroatoms. The summed E-state index contributed by atoms with van der Waals surface area (Å²) in [6, 6.07) is 5.79. The third-order valence-corrected chi connectivity index (χ3v) is 7.20. The van der Waals surface area contributed by atoms with E-state index in [0.29, 0.717) is 23.2 Å². The molecule has 1 aromatic carbocycles. The maximum Gasteiger partial charge on any atom is 0.264 e. The van der Waals surface area contributed by atoms with E-state index in [1.165, 1.54) is 43.4 Å². The minimum Gasteiger partial charge on any atom is -0.482 e. The highest BCUT2D eigenvalue weighted by molar-refractivity contribution is 7.16. The van der Waals surface area contributed by atoms with E-state index in [0.717, 1.165) is 34.7 Å². The molecule has 1 fully saturated rings. The van der Waals surface area contributed by atoms with Crippen molar-refractivity contribution in [2.75, 3.05) is 23.9 Å².